The topological polar surface area (TPSA) is 53.7 Å². The minimum absolute atomic E-state index is 0.0245. The molecule has 4 nitrogen and oxygen atoms in total. The average Bonchev–Trinajstić information content (AvgIpc) is 2.08. The van der Waals surface area contributed by atoms with Crippen molar-refractivity contribution >= 4 is 0 Å². The number of hydrogen-bond donors (Lipinski definition) is 1. The summed E-state index contributed by atoms with van der Waals surface area (Å²) in [6.45, 7) is 8.20. The van der Waals surface area contributed by atoms with Crippen LogP contribution in [0.5, 0.6) is 0 Å². The van der Waals surface area contributed by atoms with Crippen LogP contribution >= 0.6 is 0 Å². The molecule has 0 aliphatic heterocycles. The highest BCUT2D eigenvalue weighted by molar-refractivity contribution is 4.59. The van der Waals surface area contributed by atoms with E-state index in [4.69, 9.17) is 19.9 Å². The van der Waals surface area contributed by atoms with Crippen molar-refractivity contribution in [2.45, 2.75) is 32.5 Å². The van der Waals surface area contributed by atoms with E-state index >= 15 is 0 Å². The lowest BCUT2D eigenvalue weighted by Crippen LogP contribution is -2.30. The van der Waals surface area contributed by atoms with Gasteiger partial charge in [-0.15, -0.1) is 0 Å². The quantitative estimate of drug-likeness (QED) is 0.624. The molecule has 0 heterocycles. The molecule has 0 fully saturated rings. The van der Waals surface area contributed by atoms with Gasteiger partial charge in [-0.3, -0.25) is 0 Å². The van der Waals surface area contributed by atoms with Gasteiger partial charge in [0.1, 0.15) is 0 Å². The fourth-order valence-electron chi connectivity index (χ4n) is 0.933. The van der Waals surface area contributed by atoms with E-state index < -0.39 is 0 Å². The second-order valence-corrected chi connectivity index (χ2v) is 4.14. The van der Waals surface area contributed by atoms with Gasteiger partial charge in [-0.2, -0.15) is 0 Å². The first-order chi connectivity index (χ1) is 6.49. The molecule has 1 atom stereocenters. The Morgan fingerprint density at radius 2 is 1.86 bits per heavy atom. The highest BCUT2D eigenvalue weighted by Gasteiger charge is 2.10. The van der Waals surface area contributed by atoms with Crippen LogP contribution in [0.2, 0.25) is 0 Å². The van der Waals surface area contributed by atoms with E-state index in [1.54, 1.807) is 7.11 Å². The van der Waals surface area contributed by atoms with Crippen LogP contribution in [-0.4, -0.2) is 45.2 Å². The maximum Gasteiger partial charge on any atom is 0.0931 e. The predicted octanol–water partition coefficient (Wildman–Crippen LogP) is 0.792. The summed E-state index contributed by atoms with van der Waals surface area (Å²) in [5, 5.41) is 0. The normalized spacial score (nSPS) is 14.4. The molecule has 0 saturated carbocycles. The summed E-state index contributed by atoms with van der Waals surface area (Å²) in [7, 11) is 1.64. The lowest BCUT2D eigenvalue weighted by Gasteiger charge is -2.21. The molecular weight excluding hydrogens is 182 g/mol. The van der Waals surface area contributed by atoms with E-state index in [1.807, 2.05) is 20.8 Å². The molecule has 4 heteroatoms. The first-order valence-corrected chi connectivity index (χ1v) is 4.94. The smallest absolute Gasteiger partial charge is 0.0931 e. The van der Waals surface area contributed by atoms with Crippen molar-refractivity contribution in [3.8, 4) is 0 Å². The molecule has 0 aliphatic carbocycles. The first kappa shape index (κ1) is 13.8. The van der Waals surface area contributed by atoms with Crippen molar-refractivity contribution in [3.05, 3.63) is 0 Å². The zero-order valence-corrected chi connectivity index (χ0v) is 9.71. The third kappa shape index (κ3) is 8.44. The molecule has 0 aromatic carbocycles. The molecule has 0 saturated heterocycles. The lowest BCUT2D eigenvalue weighted by atomic mass is 10.2. The summed E-state index contributed by atoms with van der Waals surface area (Å²) in [5.74, 6) is 0. The van der Waals surface area contributed by atoms with Gasteiger partial charge in [-0.05, 0) is 20.8 Å². The Bertz CT molecular complexity index is 134. The van der Waals surface area contributed by atoms with Crippen molar-refractivity contribution in [2.24, 2.45) is 5.73 Å². The van der Waals surface area contributed by atoms with Crippen LogP contribution in [0, 0.1) is 0 Å². The fraction of sp³-hybridized carbons (Fsp3) is 1.00. The van der Waals surface area contributed by atoms with Crippen LogP contribution in [0.3, 0.4) is 0 Å². The third-order valence-corrected chi connectivity index (χ3v) is 1.59. The fourth-order valence-corrected chi connectivity index (χ4v) is 0.933. The Morgan fingerprint density at radius 1 is 1.21 bits per heavy atom. The molecule has 0 rings (SSSR count). The van der Waals surface area contributed by atoms with E-state index in [2.05, 4.69) is 0 Å². The number of nitrogens with two attached hydrogens (primary N) is 1. The SMILES string of the molecule is COCC(CN)OCCOC(C)(C)C. The molecule has 1 unspecified atom stereocenters. The summed E-state index contributed by atoms with van der Waals surface area (Å²) in [6, 6.07) is 0. The van der Waals surface area contributed by atoms with E-state index in [1.165, 1.54) is 0 Å². The number of hydrogen-bond acceptors (Lipinski definition) is 4. The van der Waals surface area contributed by atoms with Gasteiger partial charge < -0.3 is 19.9 Å². The van der Waals surface area contributed by atoms with E-state index in [0.29, 0.717) is 26.4 Å². The monoisotopic (exact) mass is 205 g/mol. The van der Waals surface area contributed by atoms with E-state index in [9.17, 15) is 0 Å². The molecule has 0 aromatic rings. The maximum absolute atomic E-state index is 5.50. The zero-order chi connectivity index (χ0) is 11.0. The van der Waals surface area contributed by atoms with Gasteiger partial charge in [0.15, 0.2) is 0 Å². The molecule has 14 heavy (non-hydrogen) atoms. The summed E-state index contributed by atoms with van der Waals surface area (Å²) >= 11 is 0. The molecular formula is C10H23NO3. The first-order valence-electron chi connectivity index (χ1n) is 4.94. The highest BCUT2D eigenvalue weighted by atomic mass is 16.6. The number of rotatable bonds is 7. The maximum atomic E-state index is 5.50. The average molecular weight is 205 g/mol. The van der Waals surface area contributed by atoms with Gasteiger partial charge in [0.2, 0.25) is 0 Å². The molecule has 2 N–H and O–H groups in total. The lowest BCUT2D eigenvalue weighted by molar-refractivity contribution is -0.0622. The summed E-state index contributed by atoms with van der Waals surface area (Å²) in [6.07, 6.45) is -0.0245. The molecule has 0 amide bonds. The molecule has 0 spiro atoms. The van der Waals surface area contributed by atoms with Gasteiger partial charge in [0, 0.05) is 13.7 Å². The van der Waals surface area contributed by atoms with Gasteiger partial charge >= 0.3 is 0 Å². The standard InChI is InChI=1S/C10H23NO3/c1-10(2,3)14-6-5-13-9(7-11)8-12-4/h9H,5-8,11H2,1-4H3. The molecule has 0 radical (unpaired) electrons. The van der Waals surface area contributed by atoms with Gasteiger partial charge in [-0.25, -0.2) is 0 Å². The minimum Gasteiger partial charge on any atom is -0.382 e. The van der Waals surface area contributed by atoms with Crippen LogP contribution in [0.15, 0.2) is 0 Å². The Kier molecular flexibility index (Phi) is 7.09. The van der Waals surface area contributed by atoms with Crippen molar-refractivity contribution in [1.29, 1.82) is 0 Å². The van der Waals surface area contributed by atoms with Crippen molar-refractivity contribution in [2.75, 3.05) is 33.5 Å². The Balaban J connectivity index is 3.42. The van der Waals surface area contributed by atoms with Gasteiger partial charge in [0.05, 0.1) is 31.5 Å². The van der Waals surface area contributed by atoms with Crippen LogP contribution < -0.4 is 5.73 Å². The van der Waals surface area contributed by atoms with E-state index in [0.717, 1.165) is 0 Å². The highest BCUT2D eigenvalue weighted by Crippen LogP contribution is 2.05. The molecule has 0 aromatic heterocycles. The van der Waals surface area contributed by atoms with E-state index in [-0.39, 0.29) is 11.7 Å². The second kappa shape index (κ2) is 7.17. The molecule has 0 aliphatic rings. The third-order valence-electron chi connectivity index (χ3n) is 1.59. The van der Waals surface area contributed by atoms with Crippen LogP contribution in [-0.2, 0) is 14.2 Å². The molecule has 0 bridgehead atoms. The summed E-state index contributed by atoms with van der Waals surface area (Å²) in [5.41, 5.74) is 5.37. The summed E-state index contributed by atoms with van der Waals surface area (Å²) < 4.78 is 15.9. The largest absolute Gasteiger partial charge is 0.382 e. The number of ether oxygens (including phenoxy) is 3. The molecule has 86 valence electrons. The van der Waals surface area contributed by atoms with Gasteiger partial charge in [-0.1, -0.05) is 0 Å². The Hall–Kier alpha value is -0.160. The van der Waals surface area contributed by atoms with Crippen molar-refractivity contribution in [1.82, 2.24) is 0 Å². The second-order valence-electron chi connectivity index (χ2n) is 4.14. The van der Waals surface area contributed by atoms with Crippen molar-refractivity contribution in [3.63, 3.8) is 0 Å². The Morgan fingerprint density at radius 3 is 2.29 bits per heavy atom. The van der Waals surface area contributed by atoms with Crippen LogP contribution in [0.4, 0.5) is 0 Å². The number of methoxy groups -OCH3 is 1. The summed E-state index contributed by atoms with van der Waals surface area (Å²) in [4.78, 5) is 0. The zero-order valence-electron chi connectivity index (χ0n) is 9.71. The van der Waals surface area contributed by atoms with Crippen LogP contribution in [0.25, 0.3) is 0 Å². The minimum atomic E-state index is -0.108. The van der Waals surface area contributed by atoms with Gasteiger partial charge in [0.25, 0.3) is 0 Å². The van der Waals surface area contributed by atoms with Crippen molar-refractivity contribution < 1.29 is 14.2 Å². The Labute approximate surface area is 86.7 Å². The van der Waals surface area contributed by atoms with Crippen LogP contribution in [0.1, 0.15) is 20.8 Å². The predicted molar refractivity (Wildman–Crippen MR) is 56.4 cm³/mol.